The molecular formula is C14H13N3O2. The van der Waals surface area contributed by atoms with Gasteiger partial charge in [0.05, 0.1) is 5.69 Å². The van der Waals surface area contributed by atoms with Crippen LogP contribution in [0.5, 0.6) is 11.5 Å². The number of nitrogens with zero attached hydrogens (tertiary/aromatic N) is 2. The highest BCUT2D eigenvalue weighted by atomic mass is 16.6. The Hall–Kier alpha value is -2.14. The van der Waals surface area contributed by atoms with E-state index in [1.807, 2.05) is 30.5 Å². The Bertz CT molecular complexity index is 630. The molecular weight excluding hydrogens is 242 g/mol. The van der Waals surface area contributed by atoms with Crippen LogP contribution < -0.4 is 14.8 Å². The minimum atomic E-state index is -0.235. The average Bonchev–Trinajstić information content (AvgIpc) is 2.94. The Morgan fingerprint density at radius 3 is 3.00 bits per heavy atom. The van der Waals surface area contributed by atoms with Gasteiger partial charge in [0, 0.05) is 24.8 Å². The number of para-hydroxylation sites is 2. The molecule has 0 saturated carbocycles. The third kappa shape index (κ3) is 1.82. The predicted octanol–water partition coefficient (Wildman–Crippen LogP) is 1.59. The van der Waals surface area contributed by atoms with E-state index in [0.717, 1.165) is 30.3 Å². The molecule has 0 fully saturated rings. The fourth-order valence-electron chi connectivity index (χ4n) is 2.38. The summed E-state index contributed by atoms with van der Waals surface area (Å²) >= 11 is 0. The number of benzene rings is 1. The molecule has 0 spiro atoms. The summed E-state index contributed by atoms with van der Waals surface area (Å²) in [5.41, 5.74) is 2.23. The van der Waals surface area contributed by atoms with Crippen LogP contribution in [0, 0.1) is 0 Å². The second kappa shape index (κ2) is 4.20. The lowest BCUT2D eigenvalue weighted by Gasteiger charge is -2.25. The molecule has 2 aliphatic rings. The number of aromatic nitrogens is 2. The topological polar surface area (TPSA) is 56.3 Å². The van der Waals surface area contributed by atoms with Crippen molar-refractivity contribution in [2.45, 2.75) is 19.2 Å². The lowest BCUT2D eigenvalue weighted by Crippen LogP contribution is -2.23. The maximum atomic E-state index is 5.91. The van der Waals surface area contributed by atoms with Crippen LogP contribution in [0.15, 0.2) is 30.5 Å². The molecule has 0 saturated heterocycles. The zero-order chi connectivity index (χ0) is 12.7. The molecule has 1 aromatic carbocycles. The van der Waals surface area contributed by atoms with Crippen LogP contribution in [0.25, 0.3) is 0 Å². The van der Waals surface area contributed by atoms with Gasteiger partial charge in [-0.3, -0.25) is 0 Å². The van der Waals surface area contributed by atoms with Gasteiger partial charge in [-0.1, -0.05) is 12.1 Å². The highest BCUT2D eigenvalue weighted by Gasteiger charge is 2.26. The minimum Gasteiger partial charge on any atom is -0.485 e. The third-order valence-corrected chi connectivity index (χ3v) is 3.38. The summed E-state index contributed by atoms with van der Waals surface area (Å²) in [6.45, 7) is 2.10. The van der Waals surface area contributed by atoms with Crippen LogP contribution >= 0.6 is 0 Å². The Kier molecular flexibility index (Phi) is 2.38. The lowest BCUT2D eigenvalue weighted by atomic mass is 10.2. The lowest BCUT2D eigenvalue weighted by molar-refractivity contribution is 0.0849. The first-order chi connectivity index (χ1) is 9.40. The van der Waals surface area contributed by atoms with Gasteiger partial charge in [-0.2, -0.15) is 0 Å². The minimum absolute atomic E-state index is 0.235. The van der Waals surface area contributed by atoms with Crippen LogP contribution in [0.3, 0.4) is 0 Å². The molecule has 4 rings (SSSR count). The molecule has 3 heterocycles. The Morgan fingerprint density at radius 2 is 2.05 bits per heavy atom. The van der Waals surface area contributed by atoms with E-state index in [4.69, 9.17) is 9.47 Å². The molecule has 1 atom stereocenters. The molecule has 0 amide bonds. The number of nitrogens with one attached hydrogen (secondary N) is 1. The van der Waals surface area contributed by atoms with Gasteiger partial charge in [0.1, 0.15) is 6.61 Å². The Morgan fingerprint density at radius 1 is 1.16 bits per heavy atom. The molecule has 0 radical (unpaired) electrons. The molecule has 1 aromatic heterocycles. The number of fused-ring (bicyclic) bond motifs is 2. The first-order valence-electron chi connectivity index (χ1n) is 6.34. The van der Waals surface area contributed by atoms with Crippen LogP contribution in [0.2, 0.25) is 0 Å². The Balaban J connectivity index is 1.64. The van der Waals surface area contributed by atoms with Gasteiger partial charge in [0.2, 0.25) is 0 Å². The smallest absolute Gasteiger partial charge is 0.192 e. The first kappa shape index (κ1) is 10.8. The van der Waals surface area contributed by atoms with Gasteiger partial charge in [-0.05, 0) is 12.1 Å². The molecule has 1 unspecified atom stereocenters. The summed E-state index contributed by atoms with van der Waals surface area (Å²) in [6, 6.07) is 7.66. The van der Waals surface area contributed by atoms with Gasteiger partial charge in [0.25, 0.3) is 0 Å². The van der Waals surface area contributed by atoms with Crippen molar-refractivity contribution in [3.05, 3.63) is 47.5 Å². The summed E-state index contributed by atoms with van der Waals surface area (Å²) in [4.78, 5) is 8.96. The van der Waals surface area contributed by atoms with Crippen molar-refractivity contribution in [2.24, 2.45) is 0 Å². The second-order valence-corrected chi connectivity index (χ2v) is 4.67. The summed E-state index contributed by atoms with van der Waals surface area (Å²) in [5, 5.41) is 3.26. The number of hydrogen-bond donors (Lipinski definition) is 1. The van der Waals surface area contributed by atoms with E-state index in [9.17, 15) is 0 Å². The van der Waals surface area contributed by atoms with Crippen LogP contribution in [0.1, 0.15) is 23.2 Å². The summed E-state index contributed by atoms with van der Waals surface area (Å²) < 4.78 is 11.6. The maximum Gasteiger partial charge on any atom is 0.192 e. The summed E-state index contributed by atoms with van der Waals surface area (Å²) in [5.74, 6) is 2.22. The van der Waals surface area contributed by atoms with Crippen molar-refractivity contribution in [2.75, 3.05) is 6.61 Å². The van der Waals surface area contributed by atoms with Crippen molar-refractivity contribution in [1.29, 1.82) is 0 Å². The fourth-order valence-corrected chi connectivity index (χ4v) is 2.38. The molecule has 0 aliphatic carbocycles. The van der Waals surface area contributed by atoms with E-state index in [-0.39, 0.29) is 6.10 Å². The summed E-state index contributed by atoms with van der Waals surface area (Å²) in [7, 11) is 0. The van der Waals surface area contributed by atoms with Gasteiger partial charge in [-0.25, -0.2) is 9.97 Å². The van der Waals surface area contributed by atoms with E-state index in [2.05, 4.69) is 15.3 Å². The molecule has 0 bridgehead atoms. The van der Waals surface area contributed by atoms with Gasteiger partial charge in [0.15, 0.2) is 23.4 Å². The predicted molar refractivity (Wildman–Crippen MR) is 67.9 cm³/mol. The van der Waals surface area contributed by atoms with Crippen molar-refractivity contribution < 1.29 is 9.47 Å². The van der Waals surface area contributed by atoms with Gasteiger partial charge in [-0.15, -0.1) is 0 Å². The zero-order valence-electron chi connectivity index (χ0n) is 10.3. The van der Waals surface area contributed by atoms with E-state index in [0.29, 0.717) is 12.4 Å². The Labute approximate surface area is 110 Å². The SMILES string of the molecule is c1ccc2c(c1)OCC(c1ncc3c(n1)CNC3)O2. The normalized spacial score (nSPS) is 20.1. The van der Waals surface area contributed by atoms with Crippen LogP contribution in [-0.4, -0.2) is 16.6 Å². The van der Waals surface area contributed by atoms with Crippen molar-refractivity contribution in [3.63, 3.8) is 0 Å². The highest BCUT2D eigenvalue weighted by Crippen LogP contribution is 2.35. The van der Waals surface area contributed by atoms with Crippen LogP contribution in [0.4, 0.5) is 0 Å². The maximum absolute atomic E-state index is 5.91. The van der Waals surface area contributed by atoms with E-state index in [1.165, 1.54) is 5.56 Å². The van der Waals surface area contributed by atoms with Gasteiger partial charge >= 0.3 is 0 Å². The van der Waals surface area contributed by atoms with Crippen molar-refractivity contribution >= 4 is 0 Å². The molecule has 1 N–H and O–H groups in total. The number of ether oxygens (including phenoxy) is 2. The fraction of sp³-hybridized carbons (Fsp3) is 0.286. The van der Waals surface area contributed by atoms with E-state index < -0.39 is 0 Å². The quantitative estimate of drug-likeness (QED) is 0.838. The zero-order valence-corrected chi connectivity index (χ0v) is 10.3. The average molecular weight is 255 g/mol. The standard InChI is InChI=1S/C14H13N3O2/c1-2-4-12-11(3-1)18-8-13(19-12)14-16-6-9-5-15-7-10(9)17-14/h1-4,6,13,15H,5,7-8H2. The van der Waals surface area contributed by atoms with Gasteiger partial charge < -0.3 is 14.8 Å². The third-order valence-electron chi connectivity index (χ3n) is 3.38. The molecule has 2 aliphatic heterocycles. The van der Waals surface area contributed by atoms with Crippen LogP contribution in [-0.2, 0) is 13.1 Å². The first-order valence-corrected chi connectivity index (χ1v) is 6.34. The molecule has 2 aromatic rings. The highest BCUT2D eigenvalue weighted by molar-refractivity contribution is 5.41. The molecule has 5 heteroatoms. The number of hydrogen-bond acceptors (Lipinski definition) is 5. The largest absolute Gasteiger partial charge is 0.485 e. The molecule has 96 valence electrons. The number of rotatable bonds is 1. The van der Waals surface area contributed by atoms with Crippen molar-refractivity contribution in [3.8, 4) is 11.5 Å². The summed E-state index contributed by atoms with van der Waals surface area (Å²) in [6.07, 6.45) is 1.64. The second-order valence-electron chi connectivity index (χ2n) is 4.67. The van der Waals surface area contributed by atoms with Crippen molar-refractivity contribution in [1.82, 2.24) is 15.3 Å². The van der Waals surface area contributed by atoms with E-state index >= 15 is 0 Å². The monoisotopic (exact) mass is 255 g/mol. The van der Waals surface area contributed by atoms with E-state index in [1.54, 1.807) is 0 Å². The molecule has 19 heavy (non-hydrogen) atoms. The molecule has 5 nitrogen and oxygen atoms in total.